The van der Waals surface area contributed by atoms with Gasteiger partial charge in [0, 0.05) is 11.6 Å². The fourth-order valence-electron chi connectivity index (χ4n) is 2.53. The van der Waals surface area contributed by atoms with Gasteiger partial charge in [-0.25, -0.2) is 0 Å². The third-order valence-electron chi connectivity index (χ3n) is 3.60. The van der Waals surface area contributed by atoms with E-state index in [1.165, 1.54) is 6.20 Å². The first-order valence-corrected chi connectivity index (χ1v) is 6.95. The van der Waals surface area contributed by atoms with E-state index in [0.29, 0.717) is 13.2 Å². The van der Waals surface area contributed by atoms with Crippen LogP contribution in [0.4, 0.5) is 5.82 Å². The molecule has 0 amide bonds. The molecular weight excluding hydrogens is 278 g/mol. The molecule has 1 aromatic heterocycles. The third kappa shape index (κ3) is 2.91. The highest BCUT2D eigenvalue weighted by Crippen LogP contribution is 2.28. The molecule has 0 aliphatic carbocycles. The Morgan fingerprint density at radius 2 is 2.43 bits per heavy atom. The molecule has 3 heterocycles. The predicted molar refractivity (Wildman–Crippen MR) is 72.0 cm³/mol. The molecule has 1 fully saturated rings. The molecule has 0 aromatic carbocycles. The topological polar surface area (TPSA) is 88.7 Å². The monoisotopic (exact) mass is 295 g/mol. The van der Waals surface area contributed by atoms with E-state index in [-0.39, 0.29) is 24.2 Å². The van der Waals surface area contributed by atoms with Crippen LogP contribution in [0, 0.1) is 10.1 Å². The number of nitrogens with zero attached hydrogens (tertiary/aromatic N) is 3. The molecule has 1 aromatic rings. The van der Waals surface area contributed by atoms with E-state index >= 15 is 0 Å². The fraction of sp³-hybridized carbons (Fsp3) is 0.615. The molecule has 2 aliphatic rings. The van der Waals surface area contributed by atoms with Crippen LogP contribution in [0.1, 0.15) is 19.3 Å². The highest BCUT2D eigenvalue weighted by Gasteiger charge is 2.36. The van der Waals surface area contributed by atoms with Crippen molar-refractivity contribution in [2.45, 2.75) is 44.3 Å². The summed E-state index contributed by atoms with van der Waals surface area (Å²) in [6, 6.07) is 0.219. The van der Waals surface area contributed by atoms with Gasteiger partial charge in [0.1, 0.15) is 12.3 Å². The lowest BCUT2D eigenvalue weighted by Gasteiger charge is -2.33. The predicted octanol–water partition coefficient (Wildman–Crippen LogP) is 1.65. The zero-order valence-corrected chi connectivity index (χ0v) is 11.5. The van der Waals surface area contributed by atoms with Crippen molar-refractivity contribution in [3.63, 3.8) is 0 Å². The molecule has 3 atom stereocenters. The number of rotatable bonds is 4. The highest BCUT2D eigenvalue weighted by molar-refractivity contribution is 5.22. The average molecular weight is 295 g/mol. The van der Waals surface area contributed by atoms with Crippen LogP contribution in [0.25, 0.3) is 0 Å². The van der Waals surface area contributed by atoms with Crippen LogP contribution in [-0.4, -0.2) is 39.6 Å². The Morgan fingerprint density at radius 1 is 1.57 bits per heavy atom. The Balaban J connectivity index is 1.74. The first kappa shape index (κ1) is 14.0. The maximum Gasteiger partial charge on any atom is 0.415 e. The number of aromatic nitrogens is 2. The molecular formula is C13H17N3O5. The van der Waals surface area contributed by atoms with E-state index in [1.807, 2.05) is 0 Å². The number of hydrogen-bond acceptors (Lipinski definition) is 6. The van der Waals surface area contributed by atoms with Crippen molar-refractivity contribution in [1.29, 1.82) is 0 Å². The van der Waals surface area contributed by atoms with Gasteiger partial charge in [-0.05, 0) is 30.3 Å². The minimum atomic E-state index is -0.544. The minimum Gasteiger partial charge on any atom is -0.435 e. The average Bonchev–Trinajstić information content (AvgIpc) is 2.90. The molecule has 0 N–H and O–H groups in total. The lowest BCUT2D eigenvalue weighted by Crippen LogP contribution is -2.43. The van der Waals surface area contributed by atoms with Crippen molar-refractivity contribution < 1.29 is 19.1 Å². The maximum atomic E-state index is 10.8. The van der Waals surface area contributed by atoms with Gasteiger partial charge in [0.15, 0.2) is 12.4 Å². The maximum absolute atomic E-state index is 10.8. The summed E-state index contributed by atoms with van der Waals surface area (Å²) in [5.41, 5.74) is 0. The summed E-state index contributed by atoms with van der Waals surface area (Å²) in [6.45, 7) is 4.84. The van der Waals surface area contributed by atoms with Crippen LogP contribution >= 0.6 is 0 Å². The molecule has 0 spiro atoms. The van der Waals surface area contributed by atoms with Gasteiger partial charge in [-0.3, -0.25) is 4.57 Å². The third-order valence-corrected chi connectivity index (χ3v) is 3.60. The van der Waals surface area contributed by atoms with Crippen molar-refractivity contribution in [3.05, 3.63) is 29.0 Å². The normalized spacial score (nSPS) is 28.5. The van der Waals surface area contributed by atoms with Crippen LogP contribution in [0.15, 0.2) is 18.9 Å². The molecule has 0 bridgehead atoms. The van der Waals surface area contributed by atoms with E-state index in [0.717, 1.165) is 19.3 Å². The highest BCUT2D eigenvalue weighted by atomic mass is 16.7. The second-order valence-electron chi connectivity index (χ2n) is 5.08. The molecule has 8 heteroatoms. The van der Waals surface area contributed by atoms with Crippen LogP contribution in [0.3, 0.4) is 0 Å². The SMILES string of the molecule is C=C[C@@H]1Oc2nc([N+](=O)[O-])cn2C[C@H]1OC1CCCCO1. The Labute approximate surface area is 121 Å². The molecule has 2 aliphatic heterocycles. The summed E-state index contributed by atoms with van der Waals surface area (Å²) in [5, 5.41) is 10.8. The van der Waals surface area contributed by atoms with Gasteiger partial charge in [-0.15, -0.1) is 0 Å². The first-order chi connectivity index (χ1) is 10.2. The molecule has 1 saturated heterocycles. The van der Waals surface area contributed by atoms with Gasteiger partial charge < -0.3 is 24.3 Å². The number of imidazole rings is 1. The first-order valence-electron chi connectivity index (χ1n) is 6.95. The number of hydrogen-bond donors (Lipinski definition) is 0. The fourth-order valence-corrected chi connectivity index (χ4v) is 2.53. The standard InChI is InChI=1S/C13H17N3O5/c1-2-9-10(20-12-5-3-4-6-19-12)7-15-8-11(16(17)18)14-13(15)21-9/h2,8-10,12H,1,3-7H2/t9-,10+,12?/m0/s1. The number of nitro groups is 1. The smallest absolute Gasteiger partial charge is 0.415 e. The van der Waals surface area contributed by atoms with E-state index in [2.05, 4.69) is 11.6 Å². The van der Waals surface area contributed by atoms with Crippen molar-refractivity contribution in [2.75, 3.05) is 6.61 Å². The van der Waals surface area contributed by atoms with Crippen molar-refractivity contribution in [2.24, 2.45) is 0 Å². The minimum absolute atomic E-state index is 0.219. The molecule has 8 nitrogen and oxygen atoms in total. The molecule has 21 heavy (non-hydrogen) atoms. The van der Waals surface area contributed by atoms with Crippen LogP contribution in [0.5, 0.6) is 6.01 Å². The largest absolute Gasteiger partial charge is 0.435 e. The number of fused-ring (bicyclic) bond motifs is 1. The zero-order chi connectivity index (χ0) is 14.8. The van der Waals surface area contributed by atoms with Gasteiger partial charge in [0.05, 0.1) is 6.54 Å². The van der Waals surface area contributed by atoms with E-state index in [9.17, 15) is 10.1 Å². The Kier molecular flexibility index (Phi) is 3.89. The molecule has 114 valence electrons. The summed E-state index contributed by atoms with van der Waals surface area (Å²) in [6.07, 6.45) is 4.98. The quantitative estimate of drug-likeness (QED) is 0.477. The van der Waals surface area contributed by atoms with Gasteiger partial charge in [0.2, 0.25) is 0 Å². The van der Waals surface area contributed by atoms with Crippen LogP contribution < -0.4 is 4.74 Å². The van der Waals surface area contributed by atoms with Gasteiger partial charge >= 0.3 is 11.8 Å². The van der Waals surface area contributed by atoms with E-state index in [1.54, 1.807) is 10.6 Å². The Morgan fingerprint density at radius 3 is 3.10 bits per heavy atom. The van der Waals surface area contributed by atoms with Crippen molar-refractivity contribution >= 4 is 5.82 Å². The Hall–Kier alpha value is -1.93. The second kappa shape index (κ2) is 5.82. The summed E-state index contributed by atoms with van der Waals surface area (Å²) in [7, 11) is 0. The van der Waals surface area contributed by atoms with Crippen molar-refractivity contribution in [1.82, 2.24) is 9.55 Å². The summed E-state index contributed by atoms with van der Waals surface area (Å²) in [4.78, 5) is 14.1. The molecule has 0 radical (unpaired) electrons. The van der Waals surface area contributed by atoms with Crippen molar-refractivity contribution in [3.8, 4) is 6.01 Å². The second-order valence-corrected chi connectivity index (χ2v) is 5.08. The van der Waals surface area contributed by atoms with Crippen LogP contribution in [0.2, 0.25) is 0 Å². The Bertz CT molecular complexity index is 538. The van der Waals surface area contributed by atoms with E-state index in [4.69, 9.17) is 14.2 Å². The van der Waals surface area contributed by atoms with Gasteiger partial charge in [-0.1, -0.05) is 6.58 Å². The zero-order valence-electron chi connectivity index (χ0n) is 11.5. The van der Waals surface area contributed by atoms with Gasteiger partial charge in [0.25, 0.3) is 0 Å². The lowest BCUT2D eigenvalue weighted by molar-refractivity contribution is -0.389. The summed E-state index contributed by atoms with van der Waals surface area (Å²) < 4.78 is 18.7. The van der Waals surface area contributed by atoms with Gasteiger partial charge in [-0.2, -0.15) is 0 Å². The molecule has 3 rings (SSSR count). The lowest BCUT2D eigenvalue weighted by atomic mass is 10.1. The number of ether oxygens (including phenoxy) is 3. The molecule has 1 unspecified atom stereocenters. The van der Waals surface area contributed by atoms with E-state index < -0.39 is 11.0 Å². The summed E-state index contributed by atoms with van der Waals surface area (Å²) >= 11 is 0. The van der Waals surface area contributed by atoms with Crippen LogP contribution in [-0.2, 0) is 16.0 Å². The summed E-state index contributed by atoms with van der Waals surface area (Å²) in [5.74, 6) is -0.234. The molecule has 0 saturated carbocycles.